The van der Waals surface area contributed by atoms with Gasteiger partial charge in [0.1, 0.15) is 5.75 Å². The van der Waals surface area contributed by atoms with Gasteiger partial charge >= 0.3 is 0 Å². The Labute approximate surface area is 136 Å². The minimum Gasteiger partial charge on any atom is -0.497 e. The molecule has 0 aromatic heterocycles. The number of aryl methyl sites for hydroxylation is 1. The number of carbonyl (C=O) groups excluding carboxylic acids is 1. The molecule has 0 aliphatic carbocycles. The number of amides is 1. The fourth-order valence-corrected chi connectivity index (χ4v) is 3.04. The van der Waals surface area contributed by atoms with Gasteiger partial charge in [0.05, 0.1) is 7.11 Å². The zero-order valence-corrected chi connectivity index (χ0v) is 13.4. The van der Waals surface area contributed by atoms with E-state index in [9.17, 15) is 4.79 Å². The monoisotopic (exact) mass is 310 g/mol. The molecule has 0 saturated carbocycles. The molecule has 23 heavy (non-hydrogen) atoms. The Bertz CT molecular complexity index is 682. The van der Waals surface area contributed by atoms with E-state index >= 15 is 0 Å². The van der Waals surface area contributed by atoms with Crippen molar-refractivity contribution in [2.24, 2.45) is 5.73 Å². The van der Waals surface area contributed by atoms with Crippen molar-refractivity contribution in [2.45, 2.75) is 25.3 Å². The number of para-hydroxylation sites is 1. The van der Waals surface area contributed by atoms with Crippen LogP contribution in [-0.2, 0) is 17.6 Å². The van der Waals surface area contributed by atoms with Crippen molar-refractivity contribution in [1.29, 1.82) is 0 Å². The van der Waals surface area contributed by atoms with E-state index in [1.165, 1.54) is 0 Å². The van der Waals surface area contributed by atoms with E-state index < -0.39 is 0 Å². The average Bonchev–Trinajstić information content (AvgIpc) is 2.59. The highest BCUT2D eigenvalue weighted by molar-refractivity contribution is 5.94. The molecule has 1 atom stereocenters. The number of methoxy groups -OCH3 is 1. The molecule has 2 aromatic carbocycles. The van der Waals surface area contributed by atoms with Gasteiger partial charge in [0, 0.05) is 24.7 Å². The maximum Gasteiger partial charge on any atom is 0.227 e. The summed E-state index contributed by atoms with van der Waals surface area (Å²) in [5, 5.41) is 0. The minimum atomic E-state index is 0.00911. The summed E-state index contributed by atoms with van der Waals surface area (Å²) in [6.07, 6.45) is 2.03. The molecule has 3 rings (SSSR count). The Balaban J connectivity index is 1.68. The fraction of sp³-hybridized carbons (Fsp3) is 0.316. The SMILES string of the molecule is COc1ccc(CCC(=O)N2CC(N)Cc3ccccc32)cc1. The van der Waals surface area contributed by atoms with E-state index in [4.69, 9.17) is 10.5 Å². The predicted octanol–water partition coefficient (Wildman–Crippen LogP) is 2.54. The van der Waals surface area contributed by atoms with E-state index in [0.717, 1.165) is 35.4 Å². The first kappa shape index (κ1) is 15.6. The first-order valence-corrected chi connectivity index (χ1v) is 7.94. The maximum atomic E-state index is 12.6. The van der Waals surface area contributed by atoms with Gasteiger partial charge in [-0.1, -0.05) is 30.3 Å². The van der Waals surface area contributed by atoms with Crippen LogP contribution in [0.3, 0.4) is 0 Å². The summed E-state index contributed by atoms with van der Waals surface area (Å²) in [6.45, 7) is 0.596. The number of anilines is 1. The topological polar surface area (TPSA) is 55.6 Å². The molecule has 1 heterocycles. The number of nitrogens with zero attached hydrogens (tertiary/aromatic N) is 1. The molecule has 2 N–H and O–H groups in total. The third-order valence-electron chi connectivity index (χ3n) is 4.27. The second-order valence-corrected chi connectivity index (χ2v) is 5.95. The lowest BCUT2D eigenvalue weighted by atomic mass is 9.97. The van der Waals surface area contributed by atoms with Gasteiger partial charge in [0.15, 0.2) is 0 Å². The summed E-state index contributed by atoms with van der Waals surface area (Å²) >= 11 is 0. The normalized spacial score (nSPS) is 16.8. The molecule has 1 aliphatic heterocycles. The van der Waals surface area contributed by atoms with Crippen LogP contribution in [0.5, 0.6) is 5.75 Å². The summed E-state index contributed by atoms with van der Waals surface area (Å²) in [5.74, 6) is 0.958. The number of carbonyl (C=O) groups is 1. The highest BCUT2D eigenvalue weighted by Crippen LogP contribution is 2.27. The van der Waals surface area contributed by atoms with Crippen LogP contribution in [0.15, 0.2) is 48.5 Å². The molecule has 0 bridgehead atoms. The van der Waals surface area contributed by atoms with Gasteiger partial charge in [0.2, 0.25) is 5.91 Å². The lowest BCUT2D eigenvalue weighted by molar-refractivity contribution is -0.118. The summed E-state index contributed by atoms with van der Waals surface area (Å²) in [5.41, 5.74) is 9.41. The first-order chi connectivity index (χ1) is 11.2. The smallest absolute Gasteiger partial charge is 0.227 e. The quantitative estimate of drug-likeness (QED) is 0.944. The van der Waals surface area contributed by atoms with Crippen molar-refractivity contribution < 1.29 is 9.53 Å². The predicted molar refractivity (Wildman–Crippen MR) is 91.8 cm³/mol. The molecule has 0 fully saturated rings. The highest BCUT2D eigenvalue weighted by atomic mass is 16.5. The van der Waals surface area contributed by atoms with Crippen LogP contribution in [0.1, 0.15) is 17.5 Å². The van der Waals surface area contributed by atoms with E-state index in [1.807, 2.05) is 47.4 Å². The van der Waals surface area contributed by atoms with Gasteiger partial charge in [0.25, 0.3) is 0 Å². The van der Waals surface area contributed by atoms with Crippen molar-refractivity contribution in [2.75, 3.05) is 18.6 Å². The summed E-state index contributed by atoms with van der Waals surface area (Å²) < 4.78 is 5.15. The highest BCUT2D eigenvalue weighted by Gasteiger charge is 2.25. The second-order valence-electron chi connectivity index (χ2n) is 5.95. The Kier molecular flexibility index (Phi) is 4.63. The molecular formula is C19H22N2O2. The Morgan fingerprint density at radius 3 is 2.70 bits per heavy atom. The Morgan fingerprint density at radius 2 is 1.96 bits per heavy atom. The van der Waals surface area contributed by atoms with Crippen LogP contribution in [0, 0.1) is 0 Å². The number of rotatable bonds is 4. The molecule has 4 heteroatoms. The van der Waals surface area contributed by atoms with Gasteiger partial charge in [-0.2, -0.15) is 0 Å². The van der Waals surface area contributed by atoms with Crippen LogP contribution in [0.25, 0.3) is 0 Å². The largest absolute Gasteiger partial charge is 0.497 e. The van der Waals surface area contributed by atoms with Crippen molar-refractivity contribution >= 4 is 11.6 Å². The lowest BCUT2D eigenvalue weighted by Gasteiger charge is -2.33. The van der Waals surface area contributed by atoms with Gasteiger partial charge < -0.3 is 15.4 Å². The van der Waals surface area contributed by atoms with Crippen molar-refractivity contribution in [3.8, 4) is 5.75 Å². The van der Waals surface area contributed by atoms with Crippen molar-refractivity contribution in [3.63, 3.8) is 0 Å². The minimum absolute atomic E-state index is 0.00911. The van der Waals surface area contributed by atoms with Crippen LogP contribution < -0.4 is 15.4 Å². The van der Waals surface area contributed by atoms with E-state index in [1.54, 1.807) is 7.11 Å². The molecule has 120 valence electrons. The summed E-state index contributed by atoms with van der Waals surface area (Å²) in [4.78, 5) is 14.5. The molecule has 0 radical (unpaired) electrons. The third-order valence-corrected chi connectivity index (χ3v) is 4.27. The molecule has 0 saturated heterocycles. The van der Waals surface area contributed by atoms with Crippen LogP contribution in [0.2, 0.25) is 0 Å². The first-order valence-electron chi connectivity index (χ1n) is 7.94. The Morgan fingerprint density at radius 1 is 1.22 bits per heavy atom. The van der Waals surface area contributed by atoms with Crippen LogP contribution >= 0.6 is 0 Å². The van der Waals surface area contributed by atoms with Gasteiger partial charge in [-0.05, 0) is 42.2 Å². The molecule has 4 nitrogen and oxygen atoms in total. The fourth-order valence-electron chi connectivity index (χ4n) is 3.04. The molecule has 1 aliphatic rings. The maximum absolute atomic E-state index is 12.6. The van der Waals surface area contributed by atoms with E-state index in [2.05, 4.69) is 6.07 Å². The van der Waals surface area contributed by atoms with Crippen molar-refractivity contribution in [1.82, 2.24) is 0 Å². The molecular weight excluding hydrogens is 288 g/mol. The summed E-state index contributed by atoms with van der Waals surface area (Å²) in [6, 6.07) is 15.9. The summed E-state index contributed by atoms with van der Waals surface area (Å²) in [7, 11) is 1.65. The van der Waals surface area contributed by atoms with Crippen LogP contribution in [-0.4, -0.2) is 25.6 Å². The molecule has 0 spiro atoms. The zero-order chi connectivity index (χ0) is 16.2. The third kappa shape index (κ3) is 3.54. The second kappa shape index (κ2) is 6.84. The van der Waals surface area contributed by atoms with Gasteiger partial charge in [-0.15, -0.1) is 0 Å². The standard InChI is InChI=1S/C19H22N2O2/c1-23-17-9-6-14(7-10-17)8-11-19(22)21-13-16(20)12-15-4-2-3-5-18(15)21/h2-7,9-10,16H,8,11-13,20H2,1H3. The number of fused-ring (bicyclic) bond motifs is 1. The number of nitrogens with two attached hydrogens (primary N) is 1. The van der Waals surface area contributed by atoms with Gasteiger partial charge in [-0.3, -0.25) is 4.79 Å². The Hall–Kier alpha value is -2.33. The average molecular weight is 310 g/mol. The lowest BCUT2D eigenvalue weighted by Crippen LogP contribution is -2.46. The van der Waals surface area contributed by atoms with E-state index in [-0.39, 0.29) is 11.9 Å². The molecule has 1 unspecified atom stereocenters. The number of hydrogen-bond acceptors (Lipinski definition) is 3. The van der Waals surface area contributed by atoms with E-state index in [0.29, 0.717) is 13.0 Å². The zero-order valence-electron chi connectivity index (χ0n) is 13.4. The molecule has 1 amide bonds. The van der Waals surface area contributed by atoms with Crippen molar-refractivity contribution in [3.05, 3.63) is 59.7 Å². The molecule has 2 aromatic rings. The number of benzene rings is 2. The number of hydrogen-bond donors (Lipinski definition) is 1. The van der Waals surface area contributed by atoms with Crippen LogP contribution in [0.4, 0.5) is 5.69 Å². The number of ether oxygens (including phenoxy) is 1. The van der Waals surface area contributed by atoms with Gasteiger partial charge in [-0.25, -0.2) is 0 Å².